The fourth-order valence-electron chi connectivity index (χ4n) is 2.61. The second-order valence-corrected chi connectivity index (χ2v) is 9.14. The molecule has 1 fully saturated rings. The summed E-state index contributed by atoms with van der Waals surface area (Å²) >= 11 is 0. The van der Waals surface area contributed by atoms with E-state index in [-0.39, 0.29) is 17.4 Å². The van der Waals surface area contributed by atoms with Crippen molar-refractivity contribution in [3.8, 4) is 0 Å². The van der Waals surface area contributed by atoms with Gasteiger partial charge in [0, 0.05) is 37.3 Å². The Morgan fingerprint density at radius 3 is 2.52 bits per heavy atom. The molecule has 1 N–H and O–H groups in total. The van der Waals surface area contributed by atoms with Gasteiger partial charge in [-0.1, -0.05) is 11.8 Å². The molecule has 2 radical (unpaired) electrons. The van der Waals surface area contributed by atoms with E-state index in [0.29, 0.717) is 76.0 Å². The molecule has 160 valence electrons. The number of aromatic nitrogens is 3. The number of carbonyl (C=O) groups is 1. The van der Waals surface area contributed by atoms with Crippen LogP contribution in [0.25, 0.3) is 0 Å². The lowest BCUT2D eigenvalue weighted by atomic mass is 10.0. The van der Waals surface area contributed by atoms with Crippen LogP contribution in [0.4, 0.5) is 0 Å². The van der Waals surface area contributed by atoms with Crippen LogP contribution < -0.4 is 10.9 Å². The highest BCUT2D eigenvalue weighted by molar-refractivity contribution is 7.91. The number of sulfone groups is 1. The van der Waals surface area contributed by atoms with Crippen molar-refractivity contribution < 1.29 is 22.7 Å². The van der Waals surface area contributed by atoms with E-state index >= 15 is 0 Å². The highest BCUT2D eigenvalue weighted by atomic mass is 32.2. The Morgan fingerprint density at radius 2 is 1.86 bits per heavy atom. The van der Waals surface area contributed by atoms with Gasteiger partial charge in [-0.2, -0.15) is 0 Å². The van der Waals surface area contributed by atoms with E-state index < -0.39 is 9.84 Å². The first-order chi connectivity index (χ1) is 13.8. The number of hydrogen-bond donors (Lipinski definition) is 1. The first-order valence-electron chi connectivity index (χ1n) is 9.48. The number of nitrogens with zero attached hydrogens (tertiary/aromatic N) is 4. The minimum absolute atomic E-state index is 0.164. The third kappa shape index (κ3) is 8.25. The van der Waals surface area contributed by atoms with Gasteiger partial charge in [0.15, 0.2) is 9.84 Å². The smallest absolute Gasteiger partial charge is 0.246 e. The fraction of sp³-hybridized carbons (Fsp3) is 0.706. The Bertz CT molecular complexity index is 784. The topological polar surface area (TPSA) is 116 Å². The Hall–Kier alpha value is -1.76. The van der Waals surface area contributed by atoms with Crippen molar-refractivity contribution in [2.24, 2.45) is 0 Å². The quantitative estimate of drug-likeness (QED) is 0.233. The molecule has 1 aliphatic rings. The molecule has 0 aromatic carbocycles. The minimum Gasteiger partial charge on any atom is -0.377 e. The van der Waals surface area contributed by atoms with Crippen LogP contribution in [0, 0.1) is 0 Å². The van der Waals surface area contributed by atoms with Crippen LogP contribution in [0.2, 0.25) is 0 Å². The van der Waals surface area contributed by atoms with Crippen molar-refractivity contribution in [1.82, 2.24) is 25.2 Å². The third-order valence-corrected chi connectivity index (χ3v) is 6.01. The summed E-state index contributed by atoms with van der Waals surface area (Å²) in [6.07, 6.45) is 0. The van der Waals surface area contributed by atoms with E-state index in [1.54, 1.807) is 11.6 Å². The molecule has 29 heavy (non-hydrogen) atoms. The molecule has 1 aromatic rings. The summed E-state index contributed by atoms with van der Waals surface area (Å²) in [6, 6.07) is 0. The second-order valence-electron chi connectivity index (χ2n) is 6.83. The van der Waals surface area contributed by atoms with Crippen LogP contribution in [-0.2, 0) is 37.2 Å². The first kappa shape index (κ1) is 23.5. The molecule has 12 heteroatoms. The molecule has 1 aromatic heterocycles. The number of ether oxygens (including phenoxy) is 2. The van der Waals surface area contributed by atoms with E-state index in [4.69, 9.17) is 17.3 Å². The lowest BCUT2D eigenvalue weighted by molar-refractivity contribution is -0.117. The average molecular weight is 425 g/mol. The van der Waals surface area contributed by atoms with Crippen molar-refractivity contribution in [3.63, 3.8) is 0 Å². The average Bonchev–Trinajstić information content (AvgIpc) is 3.01. The van der Waals surface area contributed by atoms with E-state index in [1.807, 2.05) is 4.90 Å². The van der Waals surface area contributed by atoms with Gasteiger partial charge in [0.2, 0.25) is 5.91 Å². The Balaban J connectivity index is 1.57. The van der Waals surface area contributed by atoms with Gasteiger partial charge in [-0.3, -0.25) is 14.4 Å². The van der Waals surface area contributed by atoms with Crippen LogP contribution in [0.15, 0.2) is 12.2 Å². The maximum Gasteiger partial charge on any atom is 0.246 e. The van der Waals surface area contributed by atoms with Crippen molar-refractivity contribution >= 4 is 29.2 Å². The maximum atomic E-state index is 11.5. The van der Waals surface area contributed by atoms with Crippen molar-refractivity contribution in [3.05, 3.63) is 17.8 Å². The van der Waals surface area contributed by atoms with Crippen molar-refractivity contribution in [1.29, 1.82) is 0 Å². The molecular formula is C17H28BN5O5S. The predicted molar refractivity (Wildman–Crippen MR) is 109 cm³/mol. The SMILES string of the molecule is [B]c1c(CN2CCS(=O)(=O)CC2)nnn1CCOCCOCCNC(=O)C(=C)C. The van der Waals surface area contributed by atoms with Crippen LogP contribution >= 0.6 is 0 Å². The number of hydrogen-bond acceptors (Lipinski definition) is 8. The first-order valence-corrected chi connectivity index (χ1v) is 11.3. The largest absolute Gasteiger partial charge is 0.377 e. The summed E-state index contributed by atoms with van der Waals surface area (Å²) in [5.41, 5.74) is 1.57. The zero-order valence-electron chi connectivity index (χ0n) is 16.8. The summed E-state index contributed by atoms with van der Waals surface area (Å²) in [4.78, 5) is 13.3. The van der Waals surface area contributed by atoms with Gasteiger partial charge in [0.1, 0.15) is 7.85 Å². The summed E-state index contributed by atoms with van der Waals surface area (Å²) in [5.74, 6) is 0.147. The lowest BCUT2D eigenvalue weighted by Crippen LogP contribution is -2.40. The van der Waals surface area contributed by atoms with Gasteiger partial charge in [0.05, 0.1) is 50.2 Å². The summed E-state index contributed by atoms with van der Waals surface area (Å²) in [5, 5.41) is 10.8. The van der Waals surface area contributed by atoms with Crippen molar-refractivity contribution in [2.75, 3.05) is 57.6 Å². The van der Waals surface area contributed by atoms with E-state index in [9.17, 15) is 13.2 Å². The maximum absolute atomic E-state index is 11.5. The molecule has 0 unspecified atom stereocenters. The molecule has 0 bridgehead atoms. The summed E-state index contributed by atoms with van der Waals surface area (Å²) in [7, 11) is 3.18. The molecule has 1 aliphatic heterocycles. The molecule has 10 nitrogen and oxygen atoms in total. The van der Waals surface area contributed by atoms with Crippen LogP contribution in [0.5, 0.6) is 0 Å². The molecule has 1 amide bonds. The molecule has 1 saturated heterocycles. The van der Waals surface area contributed by atoms with Gasteiger partial charge >= 0.3 is 0 Å². The molecule has 0 atom stereocenters. The van der Waals surface area contributed by atoms with Crippen molar-refractivity contribution in [2.45, 2.75) is 20.0 Å². The Labute approximate surface area is 172 Å². The number of amides is 1. The van der Waals surface area contributed by atoms with E-state index in [0.717, 1.165) is 0 Å². The standard InChI is InChI=1S/C17H28BN5O5S/c1-14(2)17(24)19-3-7-27-9-10-28-8-4-23-16(18)15(20-21-23)13-22-5-11-29(25,26)12-6-22/h1,3-13H2,2H3,(H,19,24). The number of nitrogens with one attached hydrogen (secondary N) is 1. The third-order valence-electron chi connectivity index (χ3n) is 4.40. The lowest BCUT2D eigenvalue weighted by Gasteiger charge is -2.25. The van der Waals surface area contributed by atoms with Gasteiger partial charge in [0.25, 0.3) is 0 Å². The number of rotatable bonds is 12. The summed E-state index contributed by atoms with van der Waals surface area (Å²) < 4.78 is 35.4. The molecule has 2 heterocycles. The van der Waals surface area contributed by atoms with Gasteiger partial charge in [-0.05, 0) is 6.92 Å². The molecule has 0 saturated carbocycles. The van der Waals surface area contributed by atoms with Gasteiger partial charge < -0.3 is 14.8 Å². The summed E-state index contributed by atoms with van der Waals surface area (Å²) in [6.45, 7) is 9.17. The van der Waals surface area contributed by atoms with Crippen LogP contribution in [-0.4, -0.2) is 99.6 Å². The molecule has 2 rings (SSSR count). The number of carbonyl (C=O) groups excluding carboxylic acids is 1. The highest BCUT2D eigenvalue weighted by Gasteiger charge is 2.22. The molecule has 0 spiro atoms. The monoisotopic (exact) mass is 425 g/mol. The molecular weight excluding hydrogens is 397 g/mol. The Morgan fingerprint density at radius 1 is 1.21 bits per heavy atom. The highest BCUT2D eigenvalue weighted by Crippen LogP contribution is 2.06. The zero-order valence-corrected chi connectivity index (χ0v) is 17.6. The van der Waals surface area contributed by atoms with Gasteiger partial charge in [-0.15, -0.1) is 5.10 Å². The minimum atomic E-state index is -2.91. The van der Waals surface area contributed by atoms with E-state index in [2.05, 4.69) is 22.2 Å². The molecule has 0 aliphatic carbocycles. The Kier molecular flexibility index (Phi) is 9.28. The van der Waals surface area contributed by atoms with Crippen LogP contribution in [0.1, 0.15) is 12.6 Å². The zero-order chi connectivity index (χ0) is 21.3. The fourth-order valence-corrected chi connectivity index (χ4v) is 3.89. The normalized spacial score (nSPS) is 16.6. The predicted octanol–water partition coefficient (Wildman–Crippen LogP) is -1.97. The van der Waals surface area contributed by atoms with Gasteiger partial charge in [-0.25, -0.2) is 8.42 Å². The van der Waals surface area contributed by atoms with Crippen LogP contribution in [0.3, 0.4) is 0 Å². The van der Waals surface area contributed by atoms with E-state index in [1.165, 1.54) is 0 Å². The second kappa shape index (κ2) is 11.4.